The molecule has 0 aliphatic carbocycles. The van der Waals surface area contributed by atoms with Gasteiger partial charge < -0.3 is 20.6 Å². The number of nitrogen functional groups attached to an aromatic ring is 1. The summed E-state index contributed by atoms with van der Waals surface area (Å²) in [4.78, 5) is 26.6. The number of nitrogens with two attached hydrogens (primary N) is 1. The molecule has 3 N–H and O–H groups in total. The van der Waals surface area contributed by atoms with E-state index in [0.29, 0.717) is 18.8 Å². The Bertz CT molecular complexity index is 545. The third-order valence-electron chi connectivity index (χ3n) is 3.19. The van der Waals surface area contributed by atoms with Crippen LogP contribution in [-0.4, -0.2) is 48.6 Å². The SMILES string of the molecule is CCN(CC)C(=O)CN(C)c1c(Cl)cc(N)cc1C(=O)O. The van der Waals surface area contributed by atoms with Crippen LogP contribution in [0.2, 0.25) is 5.02 Å². The molecular weight excluding hydrogens is 294 g/mol. The van der Waals surface area contributed by atoms with E-state index in [1.54, 1.807) is 11.9 Å². The molecule has 0 heterocycles. The van der Waals surface area contributed by atoms with Crippen molar-refractivity contribution in [2.45, 2.75) is 13.8 Å². The molecule has 0 saturated carbocycles. The first kappa shape index (κ1) is 17.1. The molecular formula is C14H20ClN3O3. The summed E-state index contributed by atoms with van der Waals surface area (Å²) >= 11 is 6.09. The van der Waals surface area contributed by atoms with Crippen LogP contribution in [0.15, 0.2) is 12.1 Å². The van der Waals surface area contributed by atoms with E-state index < -0.39 is 5.97 Å². The van der Waals surface area contributed by atoms with E-state index in [-0.39, 0.29) is 28.7 Å². The third-order valence-corrected chi connectivity index (χ3v) is 3.47. The molecule has 0 fully saturated rings. The number of carboxylic acids is 1. The molecule has 1 aromatic rings. The summed E-state index contributed by atoms with van der Waals surface area (Å²) in [6.07, 6.45) is 0. The summed E-state index contributed by atoms with van der Waals surface area (Å²) in [5, 5.41) is 9.47. The Morgan fingerprint density at radius 1 is 1.29 bits per heavy atom. The number of amides is 1. The minimum Gasteiger partial charge on any atom is -0.478 e. The second-order valence-corrected chi connectivity index (χ2v) is 5.03. The lowest BCUT2D eigenvalue weighted by molar-refractivity contribution is -0.129. The van der Waals surface area contributed by atoms with E-state index in [1.165, 1.54) is 17.0 Å². The van der Waals surface area contributed by atoms with Crippen molar-refractivity contribution >= 4 is 34.9 Å². The van der Waals surface area contributed by atoms with E-state index in [9.17, 15) is 14.7 Å². The second kappa shape index (κ2) is 7.17. The highest BCUT2D eigenvalue weighted by Gasteiger charge is 2.21. The van der Waals surface area contributed by atoms with Gasteiger partial charge in [0, 0.05) is 25.8 Å². The number of nitrogens with zero attached hydrogens (tertiary/aromatic N) is 2. The largest absolute Gasteiger partial charge is 0.478 e. The van der Waals surface area contributed by atoms with Crippen molar-refractivity contribution in [1.82, 2.24) is 4.90 Å². The van der Waals surface area contributed by atoms with Gasteiger partial charge in [-0.1, -0.05) is 11.6 Å². The molecule has 0 spiro atoms. The number of likely N-dealkylation sites (N-methyl/N-ethyl adjacent to an activating group) is 2. The minimum absolute atomic E-state index is 0.0187. The normalized spacial score (nSPS) is 10.3. The smallest absolute Gasteiger partial charge is 0.337 e. The van der Waals surface area contributed by atoms with Crippen molar-refractivity contribution in [2.24, 2.45) is 0 Å². The van der Waals surface area contributed by atoms with Crippen LogP contribution in [0.3, 0.4) is 0 Å². The van der Waals surface area contributed by atoms with Crippen molar-refractivity contribution in [2.75, 3.05) is 37.3 Å². The number of aromatic carboxylic acids is 1. The zero-order valence-electron chi connectivity index (χ0n) is 12.4. The number of hydrogen-bond donors (Lipinski definition) is 2. The van der Waals surface area contributed by atoms with Gasteiger partial charge in [-0.25, -0.2) is 4.79 Å². The summed E-state index contributed by atoms with van der Waals surface area (Å²) in [6.45, 7) is 5.03. The lowest BCUT2D eigenvalue weighted by Gasteiger charge is -2.26. The van der Waals surface area contributed by atoms with Gasteiger partial charge in [-0.15, -0.1) is 0 Å². The van der Waals surface area contributed by atoms with Gasteiger partial charge in [-0.2, -0.15) is 0 Å². The zero-order valence-corrected chi connectivity index (χ0v) is 13.1. The molecule has 0 aliphatic heterocycles. The topological polar surface area (TPSA) is 86.9 Å². The van der Waals surface area contributed by atoms with Gasteiger partial charge in [0.2, 0.25) is 5.91 Å². The number of halogens is 1. The molecule has 6 nitrogen and oxygen atoms in total. The summed E-state index contributed by atoms with van der Waals surface area (Å²) in [5.41, 5.74) is 6.16. The number of carbonyl (C=O) groups excluding carboxylic acids is 1. The van der Waals surface area contributed by atoms with Crippen LogP contribution in [0.5, 0.6) is 0 Å². The fourth-order valence-electron chi connectivity index (χ4n) is 2.13. The first-order chi connectivity index (χ1) is 9.81. The van der Waals surface area contributed by atoms with Gasteiger partial charge in [0.15, 0.2) is 0 Å². The molecule has 1 amide bonds. The Kier molecular flexibility index (Phi) is 5.84. The van der Waals surface area contributed by atoms with Gasteiger partial charge in [-0.05, 0) is 26.0 Å². The summed E-state index contributed by atoms with van der Waals surface area (Å²) in [7, 11) is 1.63. The van der Waals surface area contributed by atoms with Crippen molar-refractivity contribution in [3.63, 3.8) is 0 Å². The van der Waals surface area contributed by atoms with Crippen LogP contribution in [-0.2, 0) is 4.79 Å². The van der Waals surface area contributed by atoms with Crippen molar-refractivity contribution in [1.29, 1.82) is 0 Å². The van der Waals surface area contributed by atoms with Crippen LogP contribution >= 0.6 is 11.6 Å². The number of rotatable bonds is 6. The first-order valence-corrected chi connectivity index (χ1v) is 7.00. The lowest BCUT2D eigenvalue weighted by atomic mass is 10.1. The van der Waals surface area contributed by atoms with Crippen molar-refractivity contribution in [3.8, 4) is 0 Å². The fraction of sp³-hybridized carbons (Fsp3) is 0.429. The molecule has 0 aliphatic rings. The monoisotopic (exact) mass is 313 g/mol. The van der Waals surface area contributed by atoms with Gasteiger partial charge in [-0.3, -0.25) is 4.79 Å². The van der Waals surface area contributed by atoms with Gasteiger partial charge >= 0.3 is 5.97 Å². The quantitative estimate of drug-likeness (QED) is 0.784. The standard InChI is InChI=1S/C14H20ClN3O3/c1-4-18(5-2)12(19)8-17(3)13-10(14(20)21)6-9(16)7-11(13)15/h6-7H,4-5,8,16H2,1-3H3,(H,20,21). The Balaban J connectivity index is 3.10. The van der Waals surface area contributed by atoms with E-state index in [0.717, 1.165) is 0 Å². The maximum absolute atomic E-state index is 12.1. The van der Waals surface area contributed by atoms with Crippen LogP contribution < -0.4 is 10.6 Å². The lowest BCUT2D eigenvalue weighted by Crippen LogP contribution is -2.39. The highest BCUT2D eigenvalue weighted by atomic mass is 35.5. The van der Waals surface area contributed by atoms with Gasteiger partial charge in [0.05, 0.1) is 22.8 Å². The van der Waals surface area contributed by atoms with E-state index >= 15 is 0 Å². The van der Waals surface area contributed by atoms with Crippen LogP contribution in [0, 0.1) is 0 Å². The summed E-state index contributed by atoms with van der Waals surface area (Å²) in [6, 6.07) is 2.81. The predicted molar refractivity (Wildman–Crippen MR) is 84.0 cm³/mol. The second-order valence-electron chi connectivity index (χ2n) is 4.63. The van der Waals surface area contributed by atoms with Crippen molar-refractivity contribution in [3.05, 3.63) is 22.7 Å². The van der Waals surface area contributed by atoms with Gasteiger partial charge in [0.25, 0.3) is 0 Å². The minimum atomic E-state index is -1.14. The molecule has 0 unspecified atom stereocenters. The summed E-state index contributed by atoms with van der Waals surface area (Å²) in [5.74, 6) is -1.23. The number of hydrogen-bond acceptors (Lipinski definition) is 4. The predicted octanol–water partition coefficient (Wildman–Crippen LogP) is 1.93. The molecule has 1 rings (SSSR count). The Labute approximate surface area is 129 Å². The highest BCUT2D eigenvalue weighted by molar-refractivity contribution is 6.34. The maximum atomic E-state index is 12.1. The molecule has 0 bridgehead atoms. The number of carbonyl (C=O) groups is 2. The molecule has 21 heavy (non-hydrogen) atoms. The molecule has 0 atom stereocenters. The Morgan fingerprint density at radius 3 is 2.33 bits per heavy atom. The third kappa shape index (κ3) is 4.01. The highest BCUT2D eigenvalue weighted by Crippen LogP contribution is 2.32. The van der Waals surface area contributed by atoms with Crippen LogP contribution in [0.4, 0.5) is 11.4 Å². The maximum Gasteiger partial charge on any atom is 0.337 e. The van der Waals surface area contributed by atoms with Gasteiger partial charge in [0.1, 0.15) is 0 Å². The molecule has 0 saturated heterocycles. The number of benzene rings is 1. The zero-order chi connectivity index (χ0) is 16.2. The van der Waals surface area contributed by atoms with E-state index in [2.05, 4.69) is 0 Å². The number of anilines is 2. The fourth-order valence-corrected chi connectivity index (χ4v) is 2.50. The van der Waals surface area contributed by atoms with Crippen LogP contribution in [0.1, 0.15) is 24.2 Å². The van der Waals surface area contributed by atoms with E-state index in [4.69, 9.17) is 17.3 Å². The molecule has 0 aromatic heterocycles. The Hall–Kier alpha value is -1.95. The summed E-state index contributed by atoms with van der Waals surface area (Å²) < 4.78 is 0. The Morgan fingerprint density at radius 2 is 1.86 bits per heavy atom. The average molecular weight is 314 g/mol. The number of carboxylic acid groups (broad SMARTS) is 1. The molecule has 0 radical (unpaired) electrons. The van der Waals surface area contributed by atoms with Crippen LogP contribution in [0.25, 0.3) is 0 Å². The molecule has 7 heteroatoms. The van der Waals surface area contributed by atoms with Crippen molar-refractivity contribution < 1.29 is 14.7 Å². The average Bonchev–Trinajstić information content (AvgIpc) is 2.38. The first-order valence-electron chi connectivity index (χ1n) is 6.63. The van der Waals surface area contributed by atoms with E-state index in [1.807, 2.05) is 13.8 Å². The molecule has 116 valence electrons. The molecule has 1 aromatic carbocycles.